The lowest BCUT2D eigenvalue weighted by atomic mass is 10.2. The van der Waals surface area contributed by atoms with Crippen LogP contribution in [0.2, 0.25) is 5.15 Å². The van der Waals surface area contributed by atoms with Crippen molar-refractivity contribution in [2.24, 2.45) is 0 Å². The van der Waals surface area contributed by atoms with Gasteiger partial charge in [0.1, 0.15) is 11.0 Å². The van der Waals surface area contributed by atoms with Crippen molar-refractivity contribution < 1.29 is 13.2 Å². The lowest BCUT2D eigenvalue weighted by Crippen LogP contribution is -2.14. The maximum absolute atomic E-state index is 12.4. The number of nitrogens with one attached hydrogen (secondary N) is 1. The number of anilines is 1. The predicted octanol–water partition coefficient (Wildman–Crippen LogP) is 3.19. The van der Waals surface area contributed by atoms with Crippen LogP contribution in [0.15, 0.2) is 12.1 Å². The number of pyridine rings is 1. The normalized spacial score (nSPS) is 13.0. The van der Waals surface area contributed by atoms with Gasteiger partial charge in [0, 0.05) is 0 Å². The highest BCUT2D eigenvalue weighted by molar-refractivity contribution is 6.29. The molecule has 1 aromatic heterocycles. The molecule has 16 heavy (non-hydrogen) atoms. The predicted molar refractivity (Wildman–Crippen MR) is 56.2 cm³/mol. The Morgan fingerprint density at radius 3 is 2.62 bits per heavy atom. The number of terminal acetylenes is 1. The topological polar surface area (TPSA) is 24.9 Å². The molecule has 0 aliphatic carbocycles. The zero-order valence-corrected chi connectivity index (χ0v) is 9.02. The fourth-order valence-electron chi connectivity index (χ4n) is 0.998. The molecule has 6 heteroatoms. The Hall–Kier alpha value is -1.41. The second kappa shape index (κ2) is 4.62. The average Bonchev–Trinajstić information content (AvgIpc) is 2.15. The van der Waals surface area contributed by atoms with Gasteiger partial charge in [-0.2, -0.15) is 13.2 Å². The molecular weight excluding hydrogens is 241 g/mol. The molecule has 0 saturated carbocycles. The van der Waals surface area contributed by atoms with Crippen LogP contribution in [0.1, 0.15) is 12.5 Å². The van der Waals surface area contributed by atoms with E-state index in [2.05, 4.69) is 16.2 Å². The molecule has 1 atom stereocenters. The monoisotopic (exact) mass is 248 g/mol. The largest absolute Gasteiger partial charge is 0.416 e. The lowest BCUT2D eigenvalue weighted by molar-refractivity contribution is -0.137. The number of nitrogens with zero attached hydrogens (tertiary/aromatic N) is 1. The summed E-state index contributed by atoms with van der Waals surface area (Å²) in [5, 5.41) is 2.38. The molecule has 0 radical (unpaired) electrons. The summed E-state index contributed by atoms with van der Waals surface area (Å²) in [5.41, 5.74) is -0.862. The van der Waals surface area contributed by atoms with Gasteiger partial charge in [0.05, 0.1) is 11.6 Å². The first kappa shape index (κ1) is 12.7. The third-order valence-corrected chi connectivity index (χ3v) is 1.93. The van der Waals surface area contributed by atoms with Crippen molar-refractivity contribution in [3.8, 4) is 12.3 Å². The fourth-order valence-corrected chi connectivity index (χ4v) is 1.21. The van der Waals surface area contributed by atoms with Crippen LogP contribution < -0.4 is 5.32 Å². The van der Waals surface area contributed by atoms with E-state index in [0.29, 0.717) is 0 Å². The summed E-state index contributed by atoms with van der Waals surface area (Å²) in [5.74, 6) is 2.32. The SMILES string of the molecule is C#CC(C)Nc1cc(C(F)(F)F)cc(Cl)n1. The summed E-state index contributed by atoms with van der Waals surface area (Å²) in [6.07, 6.45) is 0.630. The van der Waals surface area contributed by atoms with Crippen molar-refractivity contribution in [2.45, 2.75) is 19.1 Å². The first-order valence-electron chi connectivity index (χ1n) is 4.30. The van der Waals surface area contributed by atoms with Crippen molar-refractivity contribution in [1.82, 2.24) is 4.98 Å². The Kier molecular flexibility index (Phi) is 3.66. The Labute approximate surface area is 95.8 Å². The molecule has 86 valence electrons. The standard InChI is InChI=1S/C10H8ClF3N2/c1-3-6(2)15-9-5-7(10(12,13)14)4-8(11)16-9/h1,4-6H,2H3,(H,15,16). The van der Waals surface area contributed by atoms with Gasteiger partial charge in [-0.15, -0.1) is 6.42 Å². The molecule has 1 rings (SSSR count). The molecule has 0 amide bonds. The highest BCUT2D eigenvalue weighted by Gasteiger charge is 2.31. The van der Waals surface area contributed by atoms with E-state index in [1.807, 2.05) is 0 Å². The summed E-state index contributed by atoms with van der Waals surface area (Å²) < 4.78 is 37.2. The quantitative estimate of drug-likeness (QED) is 0.642. The molecule has 0 saturated heterocycles. The Morgan fingerprint density at radius 2 is 2.12 bits per heavy atom. The number of rotatable bonds is 2. The van der Waals surface area contributed by atoms with E-state index in [4.69, 9.17) is 18.0 Å². The third kappa shape index (κ3) is 3.31. The molecule has 1 heterocycles. The third-order valence-electron chi connectivity index (χ3n) is 1.74. The number of aromatic nitrogens is 1. The van der Waals surface area contributed by atoms with Gasteiger partial charge in [-0.3, -0.25) is 0 Å². The summed E-state index contributed by atoms with van der Waals surface area (Å²) in [6, 6.07) is 1.19. The summed E-state index contributed by atoms with van der Waals surface area (Å²) >= 11 is 5.48. The van der Waals surface area contributed by atoms with E-state index in [1.165, 1.54) is 0 Å². The van der Waals surface area contributed by atoms with Gasteiger partial charge in [-0.1, -0.05) is 17.5 Å². The molecule has 0 aromatic carbocycles. The van der Waals surface area contributed by atoms with Gasteiger partial charge >= 0.3 is 6.18 Å². The summed E-state index contributed by atoms with van der Waals surface area (Å²) in [6.45, 7) is 1.62. The molecule has 1 aromatic rings. The molecule has 0 aliphatic heterocycles. The van der Waals surface area contributed by atoms with E-state index in [0.717, 1.165) is 12.1 Å². The van der Waals surface area contributed by atoms with Crippen molar-refractivity contribution in [2.75, 3.05) is 5.32 Å². The van der Waals surface area contributed by atoms with Gasteiger partial charge in [-0.05, 0) is 19.1 Å². The first-order chi connectivity index (χ1) is 7.32. The minimum atomic E-state index is -4.46. The Bertz CT molecular complexity index is 423. The van der Waals surface area contributed by atoms with E-state index in [-0.39, 0.29) is 11.0 Å². The first-order valence-corrected chi connectivity index (χ1v) is 4.68. The second-order valence-corrected chi connectivity index (χ2v) is 3.48. The van der Waals surface area contributed by atoms with E-state index < -0.39 is 17.8 Å². The molecule has 0 bridgehead atoms. The molecule has 0 spiro atoms. The van der Waals surface area contributed by atoms with Crippen LogP contribution in [0.25, 0.3) is 0 Å². The second-order valence-electron chi connectivity index (χ2n) is 3.09. The fraction of sp³-hybridized carbons (Fsp3) is 0.300. The van der Waals surface area contributed by atoms with Gasteiger partial charge < -0.3 is 5.32 Å². The summed E-state index contributed by atoms with van der Waals surface area (Å²) in [4.78, 5) is 3.69. The highest BCUT2D eigenvalue weighted by Crippen LogP contribution is 2.31. The highest BCUT2D eigenvalue weighted by atomic mass is 35.5. The van der Waals surface area contributed by atoms with Crippen molar-refractivity contribution in [3.63, 3.8) is 0 Å². The zero-order chi connectivity index (χ0) is 12.3. The summed E-state index contributed by atoms with van der Waals surface area (Å²) in [7, 11) is 0. The van der Waals surface area contributed by atoms with Gasteiger partial charge in [0.2, 0.25) is 0 Å². The minimum Gasteiger partial charge on any atom is -0.357 e. The Morgan fingerprint density at radius 1 is 1.50 bits per heavy atom. The van der Waals surface area contributed by atoms with Gasteiger partial charge in [-0.25, -0.2) is 4.98 Å². The van der Waals surface area contributed by atoms with Crippen LogP contribution in [-0.2, 0) is 6.18 Å². The Balaban J connectivity index is 3.05. The molecule has 0 fully saturated rings. The minimum absolute atomic E-state index is 0.00488. The molecule has 2 nitrogen and oxygen atoms in total. The van der Waals surface area contributed by atoms with E-state index >= 15 is 0 Å². The van der Waals surface area contributed by atoms with Crippen molar-refractivity contribution >= 4 is 17.4 Å². The maximum atomic E-state index is 12.4. The number of halogens is 4. The van der Waals surface area contributed by atoms with Gasteiger partial charge in [0.25, 0.3) is 0 Å². The van der Waals surface area contributed by atoms with Gasteiger partial charge in [0.15, 0.2) is 0 Å². The van der Waals surface area contributed by atoms with Crippen LogP contribution in [0.5, 0.6) is 0 Å². The molecule has 0 aliphatic rings. The zero-order valence-electron chi connectivity index (χ0n) is 8.27. The van der Waals surface area contributed by atoms with Crippen molar-refractivity contribution in [1.29, 1.82) is 0 Å². The van der Waals surface area contributed by atoms with Crippen LogP contribution in [0.4, 0.5) is 19.0 Å². The lowest BCUT2D eigenvalue weighted by Gasteiger charge is -2.12. The number of hydrogen-bond acceptors (Lipinski definition) is 2. The van der Waals surface area contributed by atoms with E-state index in [1.54, 1.807) is 6.92 Å². The average molecular weight is 249 g/mol. The number of hydrogen-bond donors (Lipinski definition) is 1. The number of alkyl halides is 3. The van der Waals surface area contributed by atoms with Crippen LogP contribution in [0.3, 0.4) is 0 Å². The van der Waals surface area contributed by atoms with Crippen molar-refractivity contribution in [3.05, 3.63) is 22.8 Å². The van der Waals surface area contributed by atoms with Crippen LogP contribution >= 0.6 is 11.6 Å². The smallest absolute Gasteiger partial charge is 0.357 e. The molecule has 1 N–H and O–H groups in total. The van der Waals surface area contributed by atoms with Crippen LogP contribution in [-0.4, -0.2) is 11.0 Å². The maximum Gasteiger partial charge on any atom is 0.416 e. The molecule has 1 unspecified atom stereocenters. The van der Waals surface area contributed by atoms with Crippen LogP contribution in [0, 0.1) is 12.3 Å². The van der Waals surface area contributed by atoms with E-state index in [9.17, 15) is 13.2 Å². The molecular formula is C10H8ClF3N2.